The molecule has 1 N–H and O–H groups in total. The normalized spacial score (nSPS) is 10.4. The van der Waals surface area contributed by atoms with Crippen molar-refractivity contribution in [3.8, 4) is 0 Å². The number of halogens is 2. The van der Waals surface area contributed by atoms with Crippen LogP contribution in [0.1, 0.15) is 5.56 Å². The van der Waals surface area contributed by atoms with Crippen LogP contribution in [0.25, 0.3) is 0 Å². The van der Waals surface area contributed by atoms with Crippen LogP contribution in [0.5, 0.6) is 0 Å². The number of aromatic nitrogens is 2. The highest BCUT2D eigenvalue weighted by Crippen LogP contribution is 2.17. The molecule has 0 radical (unpaired) electrons. The van der Waals surface area contributed by atoms with Crippen molar-refractivity contribution in [1.29, 1.82) is 0 Å². The molecule has 1 aromatic heterocycles. The first-order valence-electron chi connectivity index (χ1n) is 5.28. The molecule has 0 amide bonds. The molecule has 6 heteroatoms. The van der Waals surface area contributed by atoms with Gasteiger partial charge in [-0.15, -0.1) is 0 Å². The molecule has 0 fully saturated rings. The molecular formula is C12H11Cl2N3O. The monoisotopic (exact) mass is 283 g/mol. The second-order valence-electron chi connectivity index (χ2n) is 3.78. The van der Waals surface area contributed by atoms with Crippen LogP contribution >= 0.6 is 23.2 Å². The molecule has 18 heavy (non-hydrogen) atoms. The highest BCUT2D eigenvalue weighted by atomic mass is 35.5. The number of anilines is 1. The van der Waals surface area contributed by atoms with Crippen molar-refractivity contribution in [2.75, 3.05) is 5.32 Å². The maximum atomic E-state index is 11.6. The van der Waals surface area contributed by atoms with Gasteiger partial charge in [0.15, 0.2) is 0 Å². The zero-order valence-corrected chi connectivity index (χ0v) is 11.2. The zero-order chi connectivity index (χ0) is 13.1. The molecule has 1 heterocycles. The maximum Gasteiger partial charge on any atom is 0.287 e. The molecule has 2 rings (SSSR count). The van der Waals surface area contributed by atoms with E-state index in [0.717, 1.165) is 5.56 Å². The molecule has 0 saturated carbocycles. The molecular weight excluding hydrogens is 273 g/mol. The van der Waals surface area contributed by atoms with Crippen LogP contribution in [0.2, 0.25) is 10.0 Å². The van der Waals surface area contributed by atoms with Crippen molar-refractivity contribution < 1.29 is 0 Å². The molecule has 0 spiro atoms. The molecule has 94 valence electrons. The first-order chi connectivity index (χ1) is 8.58. The van der Waals surface area contributed by atoms with Gasteiger partial charge < -0.3 is 5.32 Å². The van der Waals surface area contributed by atoms with Gasteiger partial charge in [-0.2, -0.15) is 5.10 Å². The summed E-state index contributed by atoms with van der Waals surface area (Å²) in [7, 11) is 1.55. The Bertz CT molecular complexity index is 625. The lowest BCUT2D eigenvalue weighted by molar-refractivity contribution is 0.708. The third-order valence-electron chi connectivity index (χ3n) is 2.45. The number of rotatable bonds is 3. The fourth-order valence-corrected chi connectivity index (χ4v) is 1.93. The smallest absolute Gasteiger partial charge is 0.287 e. The zero-order valence-electron chi connectivity index (χ0n) is 9.65. The molecule has 1 aromatic carbocycles. The Morgan fingerprint density at radius 2 is 2.17 bits per heavy atom. The van der Waals surface area contributed by atoms with E-state index < -0.39 is 0 Å². The number of hydrogen-bond acceptors (Lipinski definition) is 3. The SMILES string of the molecule is Cn1ncc(NCc2cccc(Cl)c2)c(Cl)c1=O. The van der Waals surface area contributed by atoms with Gasteiger partial charge in [0, 0.05) is 18.6 Å². The standard InChI is InChI=1S/C12H11Cl2N3O/c1-17-12(18)11(14)10(7-16-17)15-6-8-3-2-4-9(13)5-8/h2-5,7,15H,6H2,1H3. The number of benzene rings is 1. The van der Waals surface area contributed by atoms with Gasteiger partial charge >= 0.3 is 0 Å². The predicted octanol–water partition coefficient (Wildman–Crippen LogP) is 2.70. The highest BCUT2D eigenvalue weighted by Gasteiger charge is 2.06. The van der Waals surface area contributed by atoms with E-state index in [0.29, 0.717) is 17.3 Å². The molecule has 0 aliphatic rings. The van der Waals surface area contributed by atoms with Crippen LogP contribution in [0.3, 0.4) is 0 Å². The minimum Gasteiger partial charge on any atom is -0.378 e. The fraction of sp³-hybridized carbons (Fsp3) is 0.167. The first-order valence-corrected chi connectivity index (χ1v) is 6.03. The lowest BCUT2D eigenvalue weighted by Gasteiger charge is -2.08. The first kappa shape index (κ1) is 12.9. The van der Waals surface area contributed by atoms with E-state index in [2.05, 4.69) is 10.4 Å². The lowest BCUT2D eigenvalue weighted by Crippen LogP contribution is -2.21. The van der Waals surface area contributed by atoms with Gasteiger partial charge in [-0.3, -0.25) is 4.79 Å². The molecule has 2 aromatic rings. The van der Waals surface area contributed by atoms with Crippen LogP contribution in [-0.4, -0.2) is 9.78 Å². The van der Waals surface area contributed by atoms with Crippen LogP contribution in [-0.2, 0) is 13.6 Å². The quantitative estimate of drug-likeness (QED) is 0.942. The van der Waals surface area contributed by atoms with Gasteiger partial charge in [0.05, 0.1) is 11.9 Å². The molecule has 0 aliphatic heterocycles. The van der Waals surface area contributed by atoms with Crippen molar-refractivity contribution in [3.63, 3.8) is 0 Å². The van der Waals surface area contributed by atoms with Gasteiger partial charge in [-0.25, -0.2) is 4.68 Å². The largest absolute Gasteiger partial charge is 0.378 e. The Balaban J connectivity index is 2.16. The van der Waals surface area contributed by atoms with Gasteiger partial charge in [-0.1, -0.05) is 35.3 Å². The highest BCUT2D eigenvalue weighted by molar-refractivity contribution is 6.33. The van der Waals surface area contributed by atoms with Crippen molar-refractivity contribution in [3.05, 3.63) is 56.4 Å². The summed E-state index contributed by atoms with van der Waals surface area (Å²) >= 11 is 11.8. The van der Waals surface area contributed by atoms with Gasteiger partial charge in [0.1, 0.15) is 5.02 Å². The topological polar surface area (TPSA) is 46.9 Å². The molecule has 0 atom stereocenters. The third kappa shape index (κ3) is 2.83. The Labute approximate surface area is 114 Å². The number of nitrogens with one attached hydrogen (secondary N) is 1. The summed E-state index contributed by atoms with van der Waals surface area (Å²) in [6.45, 7) is 0.523. The van der Waals surface area contributed by atoms with E-state index in [1.165, 1.54) is 10.9 Å². The lowest BCUT2D eigenvalue weighted by atomic mass is 10.2. The van der Waals surface area contributed by atoms with E-state index >= 15 is 0 Å². The predicted molar refractivity (Wildman–Crippen MR) is 73.3 cm³/mol. The maximum absolute atomic E-state index is 11.6. The summed E-state index contributed by atoms with van der Waals surface area (Å²) in [6, 6.07) is 7.44. The van der Waals surface area contributed by atoms with Crippen LogP contribution in [0.4, 0.5) is 5.69 Å². The summed E-state index contributed by atoms with van der Waals surface area (Å²) in [5.74, 6) is 0. The van der Waals surface area contributed by atoms with Crippen LogP contribution in [0.15, 0.2) is 35.3 Å². The van der Waals surface area contributed by atoms with Crippen molar-refractivity contribution in [2.24, 2.45) is 7.05 Å². The Hall–Kier alpha value is -1.52. The van der Waals surface area contributed by atoms with E-state index in [4.69, 9.17) is 23.2 Å². The van der Waals surface area contributed by atoms with E-state index in [1.54, 1.807) is 13.1 Å². The second kappa shape index (κ2) is 5.42. The molecule has 0 saturated heterocycles. The van der Waals surface area contributed by atoms with E-state index in [-0.39, 0.29) is 10.6 Å². The van der Waals surface area contributed by atoms with Crippen molar-refractivity contribution >= 4 is 28.9 Å². The van der Waals surface area contributed by atoms with Crippen LogP contribution < -0.4 is 10.9 Å². The number of nitrogens with zero attached hydrogens (tertiary/aromatic N) is 2. The minimum absolute atomic E-state index is 0.134. The third-order valence-corrected chi connectivity index (χ3v) is 3.05. The molecule has 4 nitrogen and oxygen atoms in total. The molecule has 0 aliphatic carbocycles. The average Bonchev–Trinajstić information content (AvgIpc) is 2.35. The van der Waals surface area contributed by atoms with Crippen molar-refractivity contribution in [1.82, 2.24) is 9.78 Å². The van der Waals surface area contributed by atoms with Gasteiger partial charge in [0.25, 0.3) is 5.56 Å². The summed E-state index contributed by atoms with van der Waals surface area (Å²) in [5, 5.41) is 7.76. The molecule has 0 bridgehead atoms. The van der Waals surface area contributed by atoms with Gasteiger partial charge in [0.2, 0.25) is 0 Å². The second-order valence-corrected chi connectivity index (χ2v) is 4.60. The summed E-state index contributed by atoms with van der Waals surface area (Å²) in [6.07, 6.45) is 1.52. The molecule has 0 unspecified atom stereocenters. The summed E-state index contributed by atoms with van der Waals surface area (Å²) < 4.78 is 1.19. The Kier molecular flexibility index (Phi) is 3.89. The van der Waals surface area contributed by atoms with E-state index in [1.807, 2.05) is 18.2 Å². The fourth-order valence-electron chi connectivity index (χ4n) is 1.48. The van der Waals surface area contributed by atoms with Crippen LogP contribution in [0, 0.1) is 0 Å². The van der Waals surface area contributed by atoms with Crippen molar-refractivity contribution in [2.45, 2.75) is 6.54 Å². The van der Waals surface area contributed by atoms with Gasteiger partial charge in [-0.05, 0) is 17.7 Å². The Morgan fingerprint density at radius 3 is 2.89 bits per heavy atom. The summed E-state index contributed by atoms with van der Waals surface area (Å²) in [4.78, 5) is 11.6. The number of hydrogen-bond donors (Lipinski definition) is 1. The Morgan fingerprint density at radius 1 is 1.39 bits per heavy atom. The summed E-state index contributed by atoms with van der Waals surface area (Å²) in [5.41, 5.74) is 1.19. The van der Waals surface area contributed by atoms with E-state index in [9.17, 15) is 4.79 Å². The average molecular weight is 284 g/mol. The number of aryl methyl sites for hydroxylation is 1. The minimum atomic E-state index is -0.326.